The van der Waals surface area contributed by atoms with Gasteiger partial charge in [0, 0.05) is 13.1 Å². The number of aliphatic imine (C=N–C) groups is 1. The van der Waals surface area contributed by atoms with E-state index in [0.29, 0.717) is 6.54 Å². The van der Waals surface area contributed by atoms with Crippen molar-refractivity contribution in [1.29, 1.82) is 0 Å². The van der Waals surface area contributed by atoms with E-state index in [1.54, 1.807) is 12.7 Å². The Balaban J connectivity index is 0.00000300. The zero-order chi connectivity index (χ0) is 19.6. The van der Waals surface area contributed by atoms with E-state index in [1.165, 1.54) is 22.3 Å². The summed E-state index contributed by atoms with van der Waals surface area (Å²) in [5, 5.41) is 10.8. The number of benzene rings is 2. The highest BCUT2D eigenvalue weighted by atomic mass is 127. The normalized spacial score (nSPS) is 11.0. The summed E-state index contributed by atoms with van der Waals surface area (Å²) < 4.78 is 1.82. The Labute approximate surface area is 189 Å². The van der Waals surface area contributed by atoms with Crippen LogP contribution in [0.15, 0.2) is 66.2 Å². The van der Waals surface area contributed by atoms with Crippen LogP contribution in [0.4, 0.5) is 0 Å². The minimum Gasteiger partial charge on any atom is -0.357 e. The molecule has 0 bridgehead atoms. The Morgan fingerprint density at radius 3 is 2.52 bits per heavy atom. The summed E-state index contributed by atoms with van der Waals surface area (Å²) in [6.07, 6.45) is 4.36. The predicted octanol–water partition coefficient (Wildman–Crippen LogP) is 4.08. The molecule has 7 heteroatoms. The van der Waals surface area contributed by atoms with Crippen LogP contribution in [0.5, 0.6) is 0 Å². The number of rotatable bonds is 8. The van der Waals surface area contributed by atoms with Crippen LogP contribution in [-0.2, 0) is 13.1 Å². The van der Waals surface area contributed by atoms with Gasteiger partial charge in [-0.3, -0.25) is 0 Å². The van der Waals surface area contributed by atoms with Crippen molar-refractivity contribution < 1.29 is 0 Å². The van der Waals surface area contributed by atoms with E-state index in [1.807, 2.05) is 4.68 Å². The predicted molar refractivity (Wildman–Crippen MR) is 130 cm³/mol. The standard InChI is InChI=1S/C22H28N6.HI/c1-3-13-25-22(24-4-2)26-14-20-7-5-6-8-21(20)19-11-9-18(10-12-19)15-28-17-23-16-27-28;/h5-12,16-17H,3-4,13-15H2,1-2H3,(H2,24,25,26);1H. The van der Waals surface area contributed by atoms with E-state index < -0.39 is 0 Å². The molecule has 3 aromatic rings. The molecule has 154 valence electrons. The fourth-order valence-electron chi connectivity index (χ4n) is 2.98. The minimum absolute atomic E-state index is 0. The number of halogens is 1. The second-order valence-corrected chi connectivity index (χ2v) is 6.57. The first kappa shape index (κ1) is 22.9. The highest BCUT2D eigenvalue weighted by Gasteiger charge is 2.06. The maximum atomic E-state index is 4.75. The van der Waals surface area contributed by atoms with Crippen LogP contribution < -0.4 is 10.6 Å². The maximum absolute atomic E-state index is 4.75. The first-order chi connectivity index (χ1) is 13.8. The zero-order valence-electron chi connectivity index (χ0n) is 17.0. The molecule has 0 aliphatic carbocycles. The van der Waals surface area contributed by atoms with E-state index in [2.05, 4.69) is 83.1 Å². The molecule has 0 saturated carbocycles. The molecule has 0 atom stereocenters. The topological polar surface area (TPSA) is 67.1 Å². The average Bonchev–Trinajstić information content (AvgIpc) is 3.24. The van der Waals surface area contributed by atoms with Crippen molar-refractivity contribution in [2.45, 2.75) is 33.4 Å². The Bertz CT molecular complexity index is 875. The summed E-state index contributed by atoms with van der Waals surface area (Å²) in [4.78, 5) is 8.74. The fraction of sp³-hybridized carbons (Fsp3) is 0.318. The van der Waals surface area contributed by atoms with Gasteiger partial charge >= 0.3 is 0 Å². The van der Waals surface area contributed by atoms with Gasteiger partial charge in [-0.25, -0.2) is 14.7 Å². The third-order valence-electron chi connectivity index (χ3n) is 4.39. The largest absolute Gasteiger partial charge is 0.357 e. The van der Waals surface area contributed by atoms with Crippen molar-refractivity contribution in [2.75, 3.05) is 13.1 Å². The Hall–Kier alpha value is -2.42. The summed E-state index contributed by atoms with van der Waals surface area (Å²) in [6, 6.07) is 17.1. The van der Waals surface area contributed by atoms with Gasteiger partial charge in [-0.15, -0.1) is 24.0 Å². The van der Waals surface area contributed by atoms with Gasteiger partial charge in [0.1, 0.15) is 12.7 Å². The first-order valence-electron chi connectivity index (χ1n) is 9.82. The maximum Gasteiger partial charge on any atom is 0.191 e. The van der Waals surface area contributed by atoms with Gasteiger partial charge in [0.25, 0.3) is 0 Å². The van der Waals surface area contributed by atoms with Crippen molar-refractivity contribution in [2.24, 2.45) is 4.99 Å². The molecular weight excluding hydrogens is 475 g/mol. The molecule has 0 radical (unpaired) electrons. The summed E-state index contributed by atoms with van der Waals surface area (Å²) in [5.41, 5.74) is 4.81. The fourth-order valence-corrected chi connectivity index (χ4v) is 2.98. The van der Waals surface area contributed by atoms with Crippen LogP contribution in [0, 0.1) is 0 Å². The molecule has 29 heavy (non-hydrogen) atoms. The number of hydrogen-bond donors (Lipinski definition) is 2. The lowest BCUT2D eigenvalue weighted by atomic mass is 9.98. The smallest absolute Gasteiger partial charge is 0.191 e. The van der Waals surface area contributed by atoms with E-state index in [-0.39, 0.29) is 24.0 Å². The van der Waals surface area contributed by atoms with Gasteiger partial charge in [0.2, 0.25) is 0 Å². The monoisotopic (exact) mass is 504 g/mol. The Morgan fingerprint density at radius 2 is 1.83 bits per heavy atom. The lowest BCUT2D eigenvalue weighted by Gasteiger charge is -2.12. The highest BCUT2D eigenvalue weighted by molar-refractivity contribution is 14.0. The number of nitrogens with one attached hydrogen (secondary N) is 2. The molecule has 3 rings (SSSR count). The van der Waals surface area contributed by atoms with E-state index >= 15 is 0 Å². The van der Waals surface area contributed by atoms with Crippen LogP contribution in [0.3, 0.4) is 0 Å². The molecule has 2 N–H and O–H groups in total. The minimum atomic E-state index is 0. The Morgan fingerprint density at radius 1 is 1.03 bits per heavy atom. The first-order valence-corrected chi connectivity index (χ1v) is 9.82. The summed E-state index contributed by atoms with van der Waals surface area (Å²) in [7, 11) is 0. The number of aromatic nitrogens is 3. The van der Waals surface area contributed by atoms with Crippen LogP contribution in [0.2, 0.25) is 0 Å². The van der Waals surface area contributed by atoms with Gasteiger partial charge in [0.05, 0.1) is 13.1 Å². The third-order valence-corrected chi connectivity index (χ3v) is 4.39. The lowest BCUT2D eigenvalue weighted by molar-refractivity contribution is 0.685. The molecular formula is C22H29IN6. The molecule has 6 nitrogen and oxygen atoms in total. The molecule has 0 unspecified atom stereocenters. The molecule has 0 amide bonds. The summed E-state index contributed by atoms with van der Waals surface area (Å²) in [5.74, 6) is 0.863. The van der Waals surface area contributed by atoms with Gasteiger partial charge < -0.3 is 10.6 Å². The van der Waals surface area contributed by atoms with Crippen LogP contribution in [0.1, 0.15) is 31.4 Å². The van der Waals surface area contributed by atoms with Gasteiger partial charge in [-0.1, -0.05) is 55.5 Å². The molecule has 0 fully saturated rings. The van der Waals surface area contributed by atoms with E-state index in [0.717, 1.165) is 32.0 Å². The molecule has 0 saturated heterocycles. The third kappa shape index (κ3) is 6.85. The number of nitrogens with zero attached hydrogens (tertiary/aromatic N) is 4. The van der Waals surface area contributed by atoms with Gasteiger partial charge in [0.15, 0.2) is 5.96 Å². The second-order valence-electron chi connectivity index (χ2n) is 6.57. The second kappa shape index (κ2) is 12.2. The van der Waals surface area contributed by atoms with Crippen molar-refractivity contribution in [1.82, 2.24) is 25.4 Å². The van der Waals surface area contributed by atoms with E-state index in [4.69, 9.17) is 4.99 Å². The molecule has 1 aromatic heterocycles. The quantitative estimate of drug-likeness (QED) is 0.276. The van der Waals surface area contributed by atoms with Crippen LogP contribution in [0.25, 0.3) is 11.1 Å². The lowest BCUT2D eigenvalue weighted by Crippen LogP contribution is -2.37. The molecule has 1 heterocycles. The zero-order valence-corrected chi connectivity index (χ0v) is 19.3. The van der Waals surface area contributed by atoms with Crippen molar-refractivity contribution >= 4 is 29.9 Å². The molecule has 2 aromatic carbocycles. The Kier molecular flexibility index (Phi) is 9.63. The summed E-state index contributed by atoms with van der Waals surface area (Å²) in [6.45, 7) is 7.36. The number of guanidine groups is 1. The molecule has 0 aliphatic heterocycles. The molecule has 0 spiro atoms. The van der Waals surface area contributed by atoms with Crippen LogP contribution in [-0.4, -0.2) is 33.8 Å². The van der Waals surface area contributed by atoms with Crippen molar-refractivity contribution in [3.63, 3.8) is 0 Å². The van der Waals surface area contributed by atoms with Crippen LogP contribution >= 0.6 is 24.0 Å². The highest BCUT2D eigenvalue weighted by Crippen LogP contribution is 2.25. The van der Waals surface area contributed by atoms with Gasteiger partial charge in [-0.05, 0) is 35.6 Å². The van der Waals surface area contributed by atoms with Crippen molar-refractivity contribution in [3.05, 3.63) is 72.3 Å². The SMILES string of the molecule is CCCNC(=NCc1ccccc1-c1ccc(Cn2cncn2)cc1)NCC.I. The van der Waals surface area contributed by atoms with E-state index in [9.17, 15) is 0 Å². The number of hydrogen-bond acceptors (Lipinski definition) is 3. The summed E-state index contributed by atoms with van der Waals surface area (Å²) >= 11 is 0. The van der Waals surface area contributed by atoms with Crippen molar-refractivity contribution in [3.8, 4) is 11.1 Å². The molecule has 0 aliphatic rings. The van der Waals surface area contributed by atoms with Gasteiger partial charge in [-0.2, -0.15) is 5.10 Å². The average molecular weight is 504 g/mol.